The minimum atomic E-state index is -0.272. The summed E-state index contributed by atoms with van der Waals surface area (Å²) in [7, 11) is 0. The van der Waals surface area contributed by atoms with Crippen LogP contribution in [0.2, 0.25) is 5.02 Å². The Morgan fingerprint density at radius 2 is 1.87 bits per heavy atom. The van der Waals surface area contributed by atoms with Crippen LogP contribution >= 0.6 is 11.6 Å². The molecular weight excluding hydrogens is 404 g/mol. The van der Waals surface area contributed by atoms with Crippen LogP contribution in [0, 0.1) is 6.92 Å². The van der Waals surface area contributed by atoms with Gasteiger partial charge in [0.1, 0.15) is 0 Å². The van der Waals surface area contributed by atoms with Gasteiger partial charge in [-0.3, -0.25) is 4.79 Å². The van der Waals surface area contributed by atoms with E-state index < -0.39 is 0 Å². The molecule has 0 radical (unpaired) electrons. The average Bonchev–Trinajstić information content (AvgIpc) is 2.72. The van der Waals surface area contributed by atoms with Gasteiger partial charge >= 0.3 is 0 Å². The molecule has 0 aliphatic rings. The molecule has 6 nitrogen and oxygen atoms in total. The maximum atomic E-state index is 12.2. The summed E-state index contributed by atoms with van der Waals surface area (Å²) >= 11 is 6.42. The number of unbranched alkanes of at least 4 members (excludes halogenated alkanes) is 2. The normalized spacial score (nSPS) is 10.7. The molecule has 0 atom stereocenters. The fraction of sp³-hybridized carbons (Fsp3) is 0.435. The van der Waals surface area contributed by atoms with Crippen LogP contribution in [0.15, 0.2) is 36.4 Å². The first-order valence-electron chi connectivity index (χ1n) is 10.3. The first kappa shape index (κ1) is 24.0. The number of hydrogen-bond donors (Lipinski definition) is 3. The molecule has 30 heavy (non-hydrogen) atoms. The van der Waals surface area contributed by atoms with Gasteiger partial charge in [0.05, 0.1) is 11.6 Å². The van der Waals surface area contributed by atoms with E-state index in [4.69, 9.17) is 26.2 Å². The molecule has 0 saturated carbocycles. The monoisotopic (exact) mass is 434 g/mol. The number of benzene rings is 2. The van der Waals surface area contributed by atoms with Crippen molar-refractivity contribution in [1.82, 2.24) is 5.32 Å². The van der Waals surface area contributed by atoms with Crippen molar-refractivity contribution in [2.75, 3.05) is 31.7 Å². The minimum absolute atomic E-state index is 0.171. The summed E-state index contributed by atoms with van der Waals surface area (Å²) in [6.45, 7) is 5.90. The number of hydrogen-bond acceptors (Lipinski definition) is 5. The van der Waals surface area contributed by atoms with Gasteiger partial charge in [0.2, 0.25) is 0 Å². The lowest BCUT2D eigenvalue weighted by molar-refractivity contribution is -0.118. The van der Waals surface area contributed by atoms with E-state index in [1.165, 1.54) is 0 Å². The third kappa shape index (κ3) is 8.22. The van der Waals surface area contributed by atoms with Crippen LogP contribution in [0.1, 0.15) is 37.3 Å². The van der Waals surface area contributed by atoms with Crippen molar-refractivity contribution in [3.63, 3.8) is 0 Å². The second-order valence-electron chi connectivity index (χ2n) is 7.00. The topological polar surface area (TPSA) is 79.8 Å². The molecule has 2 aromatic rings. The predicted molar refractivity (Wildman–Crippen MR) is 121 cm³/mol. The van der Waals surface area contributed by atoms with E-state index in [1.54, 1.807) is 0 Å². The molecule has 0 saturated heterocycles. The van der Waals surface area contributed by atoms with Crippen LogP contribution in [-0.4, -0.2) is 37.4 Å². The van der Waals surface area contributed by atoms with Crippen molar-refractivity contribution >= 4 is 23.2 Å². The van der Waals surface area contributed by atoms with E-state index >= 15 is 0 Å². The molecular formula is C23H31ClN2O4. The Balaban J connectivity index is 1.93. The van der Waals surface area contributed by atoms with Crippen LogP contribution in [0.5, 0.6) is 11.5 Å². The largest absolute Gasteiger partial charge is 0.490 e. The summed E-state index contributed by atoms with van der Waals surface area (Å²) < 4.78 is 11.4. The van der Waals surface area contributed by atoms with Crippen molar-refractivity contribution in [3.05, 3.63) is 52.5 Å². The van der Waals surface area contributed by atoms with Crippen molar-refractivity contribution in [3.8, 4) is 11.5 Å². The maximum Gasteiger partial charge on any atom is 0.262 e. The number of anilines is 1. The maximum absolute atomic E-state index is 12.2. The molecule has 2 aromatic carbocycles. The molecule has 164 valence electrons. The Hall–Kier alpha value is -2.28. The van der Waals surface area contributed by atoms with E-state index in [2.05, 4.69) is 10.6 Å². The van der Waals surface area contributed by atoms with E-state index in [0.29, 0.717) is 35.4 Å². The lowest BCUT2D eigenvalue weighted by atomic mass is 10.2. The standard InChI is InChI=1S/C23H31ClN2O4/c1-3-29-21-14-18(15-25-11-5-4-6-12-27)13-20(24)23(21)30-16-22(28)26-19-9-7-17(2)8-10-19/h7-10,13-14,25,27H,3-6,11-12,15-16H2,1-2H3,(H,26,28). The van der Waals surface area contributed by atoms with Gasteiger partial charge in [-0.15, -0.1) is 0 Å². The fourth-order valence-electron chi connectivity index (χ4n) is 2.87. The summed E-state index contributed by atoms with van der Waals surface area (Å²) in [5, 5.41) is 15.4. The third-order valence-corrected chi connectivity index (χ3v) is 4.67. The molecule has 0 aromatic heterocycles. The smallest absolute Gasteiger partial charge is 0.262 e. The van der Waals surface area contributed by atoms with Gasteiger partial charge in [0.15, 0.2) is 18.1 Å². The first-order valence-corrected chi connectivity index (χ1v) is 10.7. The molecule has 2 rings (SSSR count). The molecule has 0 aliphatic heterocycles. The van der Waals surface area contributed by atoms with Gasteiger partial charge in [-0.2, -0.15) is 0 Å². The highest BCUT2D eigenvalue weighted by Crippen LogP contribution is 2.36. The highest BCUT2D eigenvalue weighted by Gasteiger charge is 2.14. The van der Waals surface area contributed by atoms with Crippen molar-refractivity contribution in [1.29, 1.82) is 0 Å². The lowest BCUT2D eigenvalue weighted by Crippen LogP contribution is -2.20. The van der Waals surface area contributed by atoms with Gasteiger partial charge < -0.3 is 25.2 Å². The Morgan fingerprint density at radius 1 is 1.10 bits per heavy atom. The summed E-state index contributed by atoms with van der Waals surface area (Å²) in [6.07, 6.45) is 2.82. The summed E-state index contributed by atoms with van der Waals surface area (Å²) in [4.78, 5) is 12.2. The second kappa shape index (κ2) is 13.1. The van der Waals surface area contributed by atoms with Gasteiger partial charge in [-0.1, -0.05) is 29.3 Å². The average molecular weight is 435 g/mol. The molecule has 1 amide bonds. The third-order valence-electron chi connectivity index (χ3n) is 4.39. The van der Waals surface area contributed by atoms with Crippen LogP contribution in [0.4, 0.5) is 5.69 Å². The summed E-state index contributed by atoms with van der Waals surface area (Å²) in [5.41, 5.74) is 2.81. The zero-order valence-electron chi connectivity index (χ0n) is 17.7. The highest BCUT2D eigenvalue weighted by atomic mass is 35.5. The van der Waals surface area contributed by atoms with Crippen molar-refractivity contribution in [2.45, 2.75) is 39.7 Å². The molecule has 0 fully saturated rings. The zero-order valence-corrected chi connectivity index (χ0v) is 18.4. The minimum Gasteiger partial charge on any atom is -0.490 e. The number of ether oxygens (including phenoxy) is 2. The number of amides is 1. The number of nitrogens with one attached hydrogen (secondary N) is 2. The quantitative estimate of drug-likeness (QED) is 0.409. The molecule has 3 N–H and O–H groups in total. The van der Waals surface area contributed by atoms with Crippen LogP contribution in [0.25, 0.3) is 0 Å². The molecule has 0 unspecified atom stereocenters. The van der Waals surface area contributed by atoms with Crippen molar-refractivity contribution in [2.24, 2.45) is 0 Å². The second-order valence-corrected chi connectivity index (χ2v) is 7.41. The van der Waals surface area contributed by atoms with Gasteiger partial charge in [0, 0.05) is 18.8 Å². The summed E-state index contributed by atoms with van der Waals surface area (Å²) in [6, 6.07) is 11.2. The number of rotatable bonds is 13. The number of halogens is 1. The number of aryl methyl sites for hydroxylation is 1. The zero-order chi connectivity index (χ0) is 21.8. The number of aliphatic hydroxyl groups excluding tert-OH is 1. The predicted octanol–water partition coefficient (Wildman–Crippen LogP) is 4.32. The molecule has 0 bridgehead atoms. The van der Waals surface area contributed by atoms with Crippen molar-refractivity contribution < 1.29 is 19.4 Å². The molecule has 7 heteroatoms. The number of carbonyl (C=O) groups excluding carboxylic acids is 1. The van der Waals surface area contributed by atoms with E-state index in [0.717, 1.165) is 36.9 Å². The lowest BCUT2D eigenvalue weighted by Gasteiger charge is -2.15. The Morgan fingerprint density at radius 3 is 2.57 bits per heavy atom. The fourth-order valence-corrected chi connectivity index (χ4v) is 3.16. The van der Waals surface area contributed by atoms with Gasteiger partial charge in [0.25, 0.3) is 5.91 Å². The highest BCUT2D eigenvalue weighted by molar-refractivity contribution is 6.32. The Kier molecular flexibility index (Phi) is 10.5. The summed E-state index contributed by atoms with van der Waals surface area (Å²) in [5.74, 6) is 0.612. The Bertz CT molecular complexity index is 797. The number of carbonyl (C=O) groups is 1. The SMILES string of the molecule is CCOc1cc(CNCCCCCO)cc(Cl)c1OCC(=O)Nc1ccc(C)cc1. The van der Waals surface area contributed by atoms with E-state index in [-0.39, 0.29) is 19.1 Å². The first-order chi connectivity index (χ1) is 14.5. The van der Waals surface area contributed by atoms with Gasteiger partial charge in [-0.25, -0.2) is 0 Å². The molecule has 0 spiro atoms. The van der Waals surface area contributed by atoms with Crippen LogP contribution in [-0.2, 0) is 11.3 Å². The van der Waals surface area contributed by atoms with Gasteiger partial charge in [-0.05, 0) is 69.5 Å². The van der Waals surface area contributed by atoms with Crippen LogP contribution < -0.4 is 20.1 Å². The molecule has 0 aliphatic carbocycles. The van der Waals surface area contributed by atoms with E-state index in [1.807, 2.05) is 50.2 Å². The van der Waals surface area contributed by atoms with Crippen LogP contribution in [0.3, 0.4) is 0 Å². The number of aliphatic hydroxyl groups is 1. The molecule has 0 heterocycles. The Labute approximate surface area is 183 Å². The van der Waals surface area contributed by atoms with E-state index in [9.17, 15) is 4.79 Å².